The predicted molar refractivity (Wildman–Crippen MR) is 65.3 cm³/mol. The van der Waals surface area contributed by atoms with Gasteiger partial charge in [0.15, 0.2) is 0 Å². The molecule has 0 amide bonds. The van der Waals surface area contributed by atoms with Gasteiger partial charge in [-0.3, -0.25) is 0 Å². The van der Waals surface area contributed by atoms with Gasteiger partial charge in [-0.2, -0.15) is 0 Å². The molecule has 0 aromatic heterocycles. The summed E-state index contributed by atoms with van der Waals surface area (Å²) < 4.78 is 13.5. The van der Waals surface area contributed by atoms with Crippen LogP contribution in [0.5, 0.6) is 0 Å². The number of benzene rings is 1. The first-order valence-corrected chi connectivity index (χ1v) is 6.45. The number of hydrogen-bond donors (Lipinski definition) is 0. The van der Waals surface area contributed by atoms with Crippen LogP contribution in [0.25, 0.3) is 0 Å². The molecule has 0 heterocycles. The highest BCUT2D eigenvalue weighted by Gasteiger charge is 2.08. The zero-order valence-electron chi connectivity index (χ0n) is 8.06. The second kappa shape index (κ2) is 5.86. The Hall–Kier alpha value is 0.110. The van der Waals surface area contributed by atoms with E-state index in [0.29, 0.717) is 9.30 Å². The van der Waals surface area contributed by atoms with Gasteiger partial charge in [0.25, 0.3) is 0 Å². The summed E-state index contributed by atoms with van der Waals surface area (Å²) in [5.74, 6) is -0.205. The monoisotopic (exact) mass is 322 g/mol. The molecule has 0 saturated carbocycles. The van der Waals surface area contributed by atoms with Crippen LogP contribution in [0, 0.1) is 5.82 Å². The lowest BCUT2D eigenvalue weighted by Gasteiger charge is -2.09. The Kier molecular flexibility index (Phi) is 5.10. The summed E-state index contributed by atoms with van der Waals surface area (Å²) >= 11 is 6.79. The second-order valence-corrected chi connectivity index (χ2v) is 5.24. The third kappa shape index (κ3) is 3.35. The van der Waals surface area contributed by atoms with Crippen molar-refractivity contribution in [3.63, 3.8) is 0 Å². The molecule has 0 bridgehead atoms. The van der Waals surface area contributed by atoms with Crippen LogP contribution in [-0.2, 0) is 0 Å². The van der Waals surface area contributed by atoms with Crippen LogP contribution in [0.2, 0.25) is 0 Å². The van der Waals surface area contributed by atoms with Gasteiger partial charge in [0, 0.05) is 4.83 Å². The molecule has 1 atom stereocenters. The first kappa shape index (κ1) is 12.2. The summed E-state index contributed by atoms with van der Waals surface area (Å²) in [6.45, 7) is 2.17. The molecule has 0 aliphatic carbocycles. The fourth-order valence-electron chi connectivity index (χ4n) is 1.26. The average Bonchev–Trinajstić information content (AvgIpc) is 2.18. The summed E-state index contributed by atoms with van der Waals surface area (Å²) in [4.78, 5) is 0.333. The van der Waals surface area contributed by atoms with E-state index >= 15 is 0 Å². The molecule has 1 unspecified atom stereocenters. The first-order valence-electron chi connectivity index (χ1n) is 4.74. The van der Waals surface area contributed by atoms with Gasteiger partial charge in [-0.1, -0.05) is 41.8 Å². The first-order chi connectivity index (χ1) is 6.65. The number of halogens is 3. The lowest BCUT2D eigenvalue weighted by Crippen LogP contribution is -1.91. The number of rotatable bonds is 4. The molecule has 0 nitrogen and oxygen atoms in total. The molecule has 14 heavy (non-hydrogen) atoms. The lowest BCUT2D eigenvalue weighted by atomic mass is 10.1. The van der Waals surface area contributed by atoms with E-state index in [1.165, 1.54) is 18.9 Å². The standard InChI is InChI=1S/C11H13Br2F/c1-2-3-4-9(12)8-5-6-11(14)10(13)7-8/h5-7,9H,2-4H2,1H3. The molecule has 0 radical (unpaired) electrons. The van der Waals surface area contributed by atoms with Crippen molar-refractivity contribution in [2.45, 2.75) is 31.0 Å². The van der Waals surface area contributed by atoms with Crippen molar-refractivity contribution >= 4 is 31.9 Å². The van der Waals surface area contributed by atoms with Gasteiger partial charge in [0.2, 0.25) is 0 Å². The average molecular weight is 324 g/mol. The van der Waals surface area contributed by atoms with E-state index in [9.17, 15) is 4.39 Å². The topological polar surface area (TPSA) is 0 Å². The Morgan fingerprint density at radius 2 is 2.14 bits per heavy atom. The smallest absolute Gasteiger partial charge is 0.137 e. The zero-order valence-corrected chi connectivity index (χ0v) is 11.2. The Morgan fingerprint density at radius 1 is 1.43 bits per heavy atom. The fourth-order valence-corrected chi connectivity index (χ4v) is 2.26. The van der Waals surface area contributed by atoms with Gasteiger partial charge < -0.3 is 0 Å². The second-order valence-electron chi connectivity index (χ2n) is 3.28. The normalized spacial score (nSPS) is 12.9. The molecular weight excluding hydrogens is 311 g/mol. The Balaban J connectivity index is 2.70. The lowest BCUT2D eigenvalue weighted by molar-refractivity contribution is 0.619. The molecule has 0 N–H and O–H groups in total. The van der Waals surface area contributed by atoms with Crippen LogP contribution >= 0.6 is 31.9 Å². The van der Waals surface area contributed by atoms with E-state index in [4.69, 9.17) is 0 Å². The summed E-state index contributed by atoms with van der Waals surface area (Å²) in [5, 5.41) is 0. The molecule has 1 aromatic rings. The molecule has 0 saturated heterocycles. The van der Waals surface area contributed by atoms with E-state index in [2.05, 4.69) is 38.8 Å². The Labute approximate surface area is 101 Å². The van der Waals surface area contributed by atoms with Gasteiger partial charge in [0.1, 0.15) is 5.82 Å². The van der Waals surface area contributed by atoms with Crippen LogP contribution in [0.1, 0.15) is 36.6 Å². The maximum absolute atomic E-state index is 13.0. The number of alkyl halides is 1. The van der Waals surface area contributed by atoms with Crippen molar-refractivity contribution in [1.29, 1.82) is 0 Å². The van der Waals surface area contributed by atoms with Crippen molar-refractivity contribution in [3.8, 4) is 0 Å². The highest BCUT2D eigenvalue weighted by atomic mass is 79.9. The molecular formula is C11H13Br2F. The van der Waals surface area contributed by atoms with Crippen molar-refractivity contribution in [3.05, 3.63) is 34.1 Å². The van der Waals surface area contributed by atoms with E-state index in [1.807, 2.05) is 12.1 Å². The molecule has 78 valence electrons. The predicted octanol–water partition coefficient (Wildman–Crippen LogP) is 5.21. The summed E-state index contributed by atoms with van der Waals surface area (Å²) in [6, 6.07) is 5.17. The van der Waals surface area contributed by atoms with E-state index in [0.717, 1.165) is 12.0 Å². The van der Waals surface area contributed by atoms with Crippen molar-refractivity contribution in [2.75, 3.05) is 0 Å². The summed E-state index contributed by atoms with van der Waals surface area (Å²) in [6.07, 6.45) is 3.46. The SMILES string of the molecule is CCCCC(Br)c1ccc(F)c(Br)c1. The van der Waals surface area contributed by atoms with Crippen molar-refractivity contribution in [1.82, 2.24) is 0 Å². The summed E-state index contributed by atoms with van der Waals surface area (Å²) in [5.41, 5.74) is 1.13. The third-order valence-corrected chi connectivity index (χ3v) is 3.71. The van der Waals surface area contributed by atoms with E-state index in [1.54, 1.807) is 0 Å². The van der Waals surface area contributed by atoms with Crippen LogP contribution in [0.4, 0.5) is 4.39 Å². The molecule has 0 aliphatic heterocycles. The van der Waals surface area contributed by atoms with Crippen molar-refractivity contribution < 1.29 is 4.39 Å². The Morgan fingerprint density at radius 3 is 2.71 bits per heavy atom. The molecule has 0 fully saturated rings. The van der Waals surface area contributed by atoms with Crippen molar-refractivity contribution in [2.24, 2.45) is 0 Å². The molecule has 0 spiro atoms. The number of hydrogen-bond acceptors (Lipinski definition) is 0. The van der Waals surface area contributed by atoms with Gasteiger partial charge in [-0.15, -0.1) is 0 Å². The van der Waals surface area contributed by atoms with Gasteiger partial charge in [-0.25, -0.2) is 4.39 Å². The summed E-state index contributed by atoms with van der Waals surface area (Å²) in [7, 11) is 0. The van der Waals surface area contributed by atoms with Crippen LogP contribution in [0.15, 0.2) is 22.7 Å². The molecule has 3 heteroatoms. The largest absolute Gasteiger partial charge is 0.206 e. The maximum atomic E-state index is 13.0. The van der Waals surface area contributed by atoms with Crippen LogP contribution < -0.4 is 0 Å². The molecule has 0 aliphatic rings. The highest BCUT2D eigenvalue weighted by Crippen LogP contribution is 2.30. The van der Waals surface area contributed by atoms with Crippen LogP contribution in [0.3, 0.4) is 0 Å². The van der Waals surface area contributed by atoms with Gasteiger partial charge in [-0.05, 0) is 40.0 Å². The van der Waals surface area contributed by atoms with Crippen LogP contribution in [-0.4, -0.2) is 0 Å². The maximum Gasteiger partial charge on any atom is 0.137 e. The fraction of sp³-hybridized carbons (Fsp3) is 0.455. The zero-order chi connectivity index (χ0) is 10.6. The quantitative estimate of drug-likeness (QED) is 0.667. The molecule has 1 rings (SSSR count). The minimum atomic E-state index is -0.205. The minimum absolute atomic E-state index is 0.205. The minimum Gasteiger partial charge on any atom is -0.206 e. The van der Waals surface area contributed by atoms with Gasteiger partial charge >= 0.3 is 0 Å². The highest BCUT2D eigenvalue weighted by molar-refractivity contribution is 9.10. The third-order valence-electron chi connectivity index (χ3n) is 2.12. The molecule has 1 aromatic carbocycles. The number of unbranched alkanes of at least 4 members (excludes halogenated alkanes) is 1. The van der Waals surface area contributed by atoms with E-state index < -0.39 is 0 Å². The van der Waals surface area contributed by atoms with Gasteiger partial charge in [0.05, 0.1) is 4.47 Å². The Bertz CT molecular complexity index is 299. The van der Waals surface area contributed by atoms with E-state index in [-0.39, 0.29) is 5.82 Å².